The number of hydrogen-bond donors (Lipinski definition) is 2. The molecule has 0 radical (unpaired) electrons. The molecule has 0 spiro atoms. The number of hydrogen-bond acceptors (Lipinski definition) is 3. The van der Waals surface area contributed by atoms with Gasteiger partial charge in [0.05, 0.1) is 12.6 Å². The number of carbonyl (C=O) groups is 3. The summed E-state index contributed by atoms with van der Waals surface area (Å²) in [6, 6.07) is 6.74. The summed E-state index contributed by atoms with van der Waals surface area (Å²) in [5, 5.41) is 5.90. The predicted octanol–water partition coefficient (Wildman–Crippen LogP) is 1.85. The molecule has 1 aromatic rings. The Balaban J connectivity index is 1.77. The topological polar surface area (TPSA) is 78.5 Å². The van der Waals surface area contributed by atoms with Crippen LogP contribution in [0.1, 0.15) is 31.4 Å². The van der Waals surface area contributed by atoms with Gasteiger partial charge < -0.3 is 10.6 Å². The van der Waals surface area contributed by atoms with Crippen LogP contribution >= 0.6 is 11.6 Å². The highest BCUT2D eigenvalue weighted by atomic mass is 35.5. The maximum Gasteiger partial charge on any atom is 0.324 e. The molecule has 0 aromatic heterocycles. The molecular formula is C15H18ClN3O3. The van der Waals surface area contributed by atoms with Gasteiger partial charge in [-0.15, -0.1) is 0 Å². The number of urea groups is 1. The summed E-state index contributed by atoms with van der Waals surface area (Å²) in [6.45, 7) is 2.14. The van der Waals surface area contributed by atoms with E-state index in [1.165, 1.54) is 0 Å². The van der Waals surface area contributed by atoms with Crippen LogP contribution in [0.15, 0.2) is 24.3 Å². The fourth-order valence-electron chi connectivity index (χ4n) is 2.30. The quantitative estimate of drug-likeness (QED) is 0.784. The van der Waals surface area contributed by atoms with Crippen LogP contribution in [0, 0.1) is 0 Å². The molecule has 1 atom stereocenters. The Morgan fingerprint density at radius 3 is 2.77 bits per heavy atom. The van der Waals surface area contributed by atoms with Crippen molar-refractivity contribution in [2.75, 3.05) is 13.1 Å². The van der Waals surface area contributed by atoms with Crippen molar-refractivity contribution in [3.8, 4) is 0 Å². The zero-order valence-electron chi connectivity index (χ0n) is 12.3. The van der Waals surface area contributed by atoms with Crippen LogP contribution in [-0.4, -0.2) is 35.8 Å². The van der Waals surface area contributed by atoms with Gasteiger partial charge in [0.1, 0.15) is 0 Å². The van der Waals surface area contributed by atoms with Crippen molar-refractivity contribution in [2.45, 2.75) is 25.8 Å². The molecule has 1 aliphatic rings. The molecule has 1 aromatic carbocycles. The molecule has 4 amide bonds. The number of nitrogens with zero attached hydrogens (tertiary/aromatic N) is 1. The van der Waals surface area contributed by atoms with Crippen LogP contribution in [0.5, 0.6) is 0 Å². The third-order valence-corrected chi connectivity index (χ3v) is 3.82. The molecule has 0 saturated carbocycles. The first-order chi connectivity index (χ1) is 10.5. The summed E-state index contributed by atoms with van der Waals surface area (Å²) in [5.41, 5.74) is 0.853. The van der Waals surface area contributed by atoms with Crippen molar-refractivity contribution in [2.24, 2.45) is 0 Å². The molecule has 118 valence electrons. The molecule has 1 aliphatic heterocycles. The van der Waals surface area contributed by atoms with E-state index in [9.17, 15) is 14.4 Å². The minimum absolute atomic E-state index is 0.0363. The second-order valence-electron chi connectivity index (χ2n) is 5.12. The van der Waals surface area contributed by atoms with Crippen molar-refractivity contribution in [3.63, 3.8) is 0 Å². The molecule has 0 aliphatic carbocycles. The maximum absolute atomic E-state index is 11.9. The summed E-state index contributed by atoms with van der Waals surface area (Å²) >= 11 is 6.09. The molecule has 2 rings (SSSR count). The standard InChI is InChI=1S/C15H18ClN3O3/c1-10(11-5-2-3-6-12(11)16)18-13(20)7-4-8-19-14(21)9-17-15(19)22/h2-3,5-6,10H,4,7-9H2,1H3,(H,17,22)(H,18,20). The Labute approximate surface area is 133 Å². The number of halogens is 1. The van der Waals surface area contributed by atoms with E-state index in [4.69, 9.17) is 11.6 Å². The zero-order valence-corrected chi connectivity index (χ0v) is 13.0. The van der Waals surface area contributed by atoms with Crippen molar-refractivity contribution in [1.82, 2.24) is 15.5 Å². The number of carbonyl (C=O) groups excluding carboxylic acids is 3. The molecule has 2 N–H and O–H groups in total. The lowest BCUT2D eigenvalue weighted by Crippen LogP contribution is -2.33. The van der Waals surface area contributed by atoms with Crippen molar-refractivity contribution in [1.29, 1.82) is 0 Å². The van der Waals surface area contributed by atoms with Gasteiger partial charge in [-0.1, -0.05) is 29.8 Å². The molecule has 1 fully saturated rings. The van der Waals surface area contributed by atoms with Crippen LogP contribution in [0.4, 0.5) is 4.79 Å². The first-order valence-corrected chi connectivity index (χ1v) is 7.49. The van der Waals surface area contributed by atoms with Gasteiger partial charge in [-0.25, -0.2) is 4.79 Å². The lowest BCUT2D eigenvalue weighted by molar-refractivity contribution is -0.126. The largest absolute Gasteiger partial charge is 0.350 e. The highest BCUT2D eigenvalue weighted by Crippen LogP contribution is 2.22. The maximum atomic E-state index is 11.9. The third-order valence-electron chi connectivity index (χ3n) is 3.47. The Kier molecular flexibility index (Phi) is 5.38. The van der Waals surface area contributed by atoms with E-state index in [1.54, 1.807) is 6.07 Å². The van der Waals surface area contributed by atoms with E-state index in [0.717, 1.165) is 10.5 Å². The predicted molar refractivity (Wildman–Crippen MR) is 82.4 cm³/mol. The molecule has 6 nitrogen and oxygen atoms in total. The fourth-order valence-corrected chi connectivity index (χ4v) is 2.60. The van der Waals surface area contributed by atoms with E-state index >= 15 is 0 Å². The SMILES string of the molecule is CC(NC(=O)CCCN1C(=O)CNC1=O)c1ccccc1Cl. The van der Waals surface area contributed by atoms with Gasteiger partial charge in [0.25, 0.3) is 0 Å². The number of amides is 4. The van der Waals surface area contributed by atoms with E-state index in [1.807, 2.05) is 25.1 Å². The smallest absolute Gasteiger partial charge is 0.324 e. The van der Waals surface area contributed by atoms with E-state index in [-0.39, 0.29) is 37.4 Å². The molecular weight excluding hydrogens is 306 g/mol. The van der Waals surface area contributed by atoms with Gasteiger partial charge in [-0.2, -0.15) is 0 Å². The van der Waals surface area contributed by atoms with Gasteiger partial charge >= 0.3 is 6.03 Å². The second-order valence-corrected chi connectivity index (χ2v) is 5.53. The summed E-state index contributed by atoms with van der Waals surface area (Å²) < 4.78 is 0. The van der Waals surface area contributed by atoms with E-state index in [0.29, 0.717) is 11.4 Å². The molecule has 1 saturated heterocycles. The zero-order chi connectivity index (χ0) is 16.1. The Morgan fingerprint density at radius 2 is 2.14 bits per heavy atom. The lowest BCUT2D eigenvalue weighted by Gasteiger charge is -2.16. The van der Waals surface area contributed by atoms with Crippen LogP contribution in [-0.2, 0) is 9.59 Å². The minimum atomic E-state index is -0.394. The highest BCUT2D eigenvalue weighted by Gasteiger charge is 2.27. The van der Waals surface area contributed by atoms with Gasteiger partial charge in [-0.3, -0.25) is 14.5 Å². The number of benzene rings is 1. The fraction of sp³-hybridized carbons (Fsp3) is 0.400. The van der Waals surface area contributed by atoms with Crippen LogP contribution in [0.25, 0.3) is 0 Å². The number of rotatable bonds is 6. The second kappa shape index (κ2) is 7.26. The minimum Gasteiger partial charge on any atom is -0.350 e. The van der Waals surface area contributed by atoms with Gasteiger partial charge in [0.15, 0.2) is 0 Å². The summed E-state index contributed by atoms with van der Waals surface area (Å²) in [7, 11) is 0. The summed E-state index contributed by atoms with van der Waals surface area (Å²) in [5.74, 6) is -0.394. The van der Waals surface area contributed by atoms with Crippen molar-refractivity contribution < 1.29 is 14.4 Å². The van der Waals surface area contributed by atoms with E-state index in [2.05, 4.69) is 10.6 Å². The average molecular weight is 324 g/mol. The average Bonchev–Trinajstić information content (AvgIpc) is 2.79. The van der Waals surface area contributed by atoms with Crippen molar-refractivity contribution >= 4 is 29.4 Å². The lowest BCUT2D eigenvalue weighted by atomic mass is 10.1. The first kappa shape index (κ1) is 16.3. The van der Waals surface area contributed by atoms with Gasteiger partial charge in [0.2, 0.25) is 11.8 Å². The number of nitrogens with one attached hydrogen (secondary N) is 2. The Hall–Kier alpha value is -2.08. The molecule has 1 heterocycles. The van der Waals surface area contributed by atoms with Crippen LogP contribution in [0.3, 0.4) is 0 Å². The van der Waals surface area contributed by atoms with Gasteiger partial charge in [0, 0.05) is 18.0 Å². The van der Waals surface area contributed by atoms with E-state index < -0.39 is 6.03 Å². The first-order valence-electron chi connectivity index (χ1n) is 7.11. The number of imide groups is 1. The normalized spacial score (nSPS) is 15.6. The summed E-state index contributed by atoms with van der Waals surface area (Å²) in [4.78, 5) is 35.8. The van der Waals surface area contributed by atoms with Crippen molar-refractivity contribution in [3.05, 3.63) is 34.9 Å². The molecule has 22 heavy (non-hydrogen) atoms. The Bertz CT molecular complexity index is 575. The Morgan fingerprint density at radius 1 is 1.41 bits per heavy atom. The molecule has 1 unspecified atom stereocenters. The molecule has 0 bridgehead atoms. The monoisotopic (exact) mass is 323 g/mol. The molecule has 7 heteroatoms. The van der Waals surface area contributed by atoms with Crippen LogP contribution < -0.4 is 10.6 Å². The highest BCUT2D eigenvalue weighted by molar-refractivity contribution is 6.31. The van der Waals surface area contributed by atoms with Gasteiger partial charge in [-0.05, 0) is 25.0 Å². The summed E-state index contributed by atoms with van der Waals surface area (Å²) in [6.07, 6.45) is 0.673. The van der Waals surface area contributed by atoms with Crippen LogP contribution in [0.2, 0.25) is 5.02 Å². The third kappa shape index (κ3) is 3.98.